The number of piperazine rings is 1. The van der Waals surface area contributed by atoms with Crippen LogP contribution in [0.15, 0.2) is 12.1 Å². The minimum atomic E-state index is -1.03. The molecule has 0 saturated carbocycles. The van der Waals surface area contributed by atoms with Crippen molar-refractivity contribution in [3.8, 4) is 23.0 Å². The second-order valence-corrected chi connectivity index (χ2v) is 10.3. The highest BCUT2D eigenvalue weighted by Crippen LogP contribution is 2.41. The van der Waals surface area contributed by atoms with Crippen molar-refractivity contribution in [2.45, 2.75) is 13.5 Å². The summed E-state index contributed by atoms with van der Waals surface area (Å²) in [5.74, 6) is 2.60. The van der Waals surface area contributed by atoms with Gasteiger partial charge in [-0.3, -0.25) is 5.32 Å². The highest BCUT2D eigenvalue weighted by molar-refractivity contribution is 7.17. The first kappa shape index (κ1) is 29.0. The van der Waals surface area contributed by atoms with Crippen LogP contribution in [-0.4, -0.2) is 99.6 Å². The molecule has 1 saturated heterocycles. The third-order valence-electron chi connectivity index (χ3n) is 6.55. The van der Waals surface area contributed by atoms with Crippen molar-refractivity contribution in [1.82, 2.24) is 19.9 Å². The van der Waals surface area contributed by atoms with Gasteiger partial charge in [0.1, 0.15) is 4.88 Å². The molecule has 0 aliphatic carbocycles. The Morgan fingerprint density at radius 1 is 1.00 bits per heavy atom. The quantitative estimate of drug-likeness (QED) is 0.348. The van der Waals surface area contributed by atoms with Gasteiger partial charge in [0.2, 0.25) is 17.4 Å². The van der Waals surface area contributed by atoms with Crippen molar-refractivity contribution in [3.05, 3.63) is 28.3 Å². The number of aromatic nitrogens is 3. The molecule has 1 aromatic carbocycles. The van der Waals surface area contributed by atoms with E-state index in [1.54, 1.807) is 35.4 Å². The van der Waals surface area contributed by atoms with Crippen molar-refractivity contribution in [2.75, 3.05) is 83.8 Å². The predicted octanol–water partition coefficient (Wildman–Crippen LogP) is 3.11. The Hall–Kier alpha value is -4.04. The number of carboxylic acids is 1. The minimum absolute atomic E-state index is 0.162. The van der Waals surface area contributed by atoms with Gasteiger partial charge in [-0.15, -0.1) is 0 Å². The third-order valence-corrected chi connectivity index (χ3v) is 7.61. The molecule has 0 unspecified atom stereocenters. The topological polar surface area (TPSA) is 135 Å². The molecule has 3 aromatic rings. The van der Waals surface area contributed by atoms with Crippen LogP contribution in [0.2, 0.25) is 0 Å². The van der Waals surface area contributed by atoms with Crippen LogP contribution in [0.25, 0.3) is 0 Å². The molecule has 3 heterocycles. The molecule has 1 aliphatic rings. The van der Waals surface area contributed by atoms with E-state index in [4.69, 9.17) is 28.9 Å². The van der Waals surface area contributed by atoms with Crippen LogP contribution in [-0.2, 0) is 6.54 Å². The zero-order valence-electron chi connectivity index (χ0n) is 23.8. The highest BCUT2D eigenvalue weighted by Gasteiger charge is 2.26. The van der Waals surface area contributed by atoms with E-state index < -0.39 is 5.97 Å². The lowest BCUT2D eigenvalue weighted by atomic mass is 10.1. The van der Waals surface area contributed by atoms with Crippen LogP contribution in [0.3, 0.4) is 0 Å². The number of methoxy groups -OCH3 is 4. The molecule has 2 N–H and O–H groups in total. The Labute approximate surface area is 237 Å². The van der Waals surface area contributed by atoms with Crippen molar-refractivity contribution in [1.29, 1.82) is 0 Å². The molecule has 0 amide bonds. The number of nitrogens with zero attached hydrogens (tertiary/aromatic N) is 6. The summed E-state index contributed by atoms with van der Waals surface area (Å²) < 4.78 is 22.4. The van der Waals surface area contributed by atoms with E-state index >= 15 is 0 Å². The number of hydrogen-bond acceptors (Lipinski definition) is 13. The van der Waals surface area contributed by atoms with Gasteiger partial charge in [0.25, 0.3) is 0 Å². The van der Waals surface area contributed by atoms with Gasteiger partial charge in [-0.05, 0) is 31.7 Å². The molecular weight excluding hydrogens is 538 g/mol. The van der Waals surface area contributed by atoms with Gasteiger partial charge in [-0.2, -0.15) is 9.97 Å². The number of carboxylic acid groups (broad SMARTS) is 1. The number of benzene rings is 1. The first-order valence-corrected chi connectivity index (χ1v) is 13.4. The van der Waals surface area contributed by atoms with Crippen LogP contribution < -0.4 is 34.1 Å². The summed E-state index contributed by atoms with van der Waals surface area (Å²) in [4.78, 5) is 32.0. The van der Waals surface area contributed by atoms with Crippen LogP contribution in [0, 0.1) is 6.92 Å². The SMILES string of the molecule is COc1cc(CN(C)c2nc(Nc3nc(C)c(C(=O)O)s3)nc(N3CCN(C)CC3)c2OC)cc(OC)c1OC. The van der Waals surface area contributed by atoms with Crippen molar-refractivity contribution < 1.29 is 28.8 Å². The zero-order valence-corrected chi connectivity index (χ0v) is 24.6. The lowest BCUT2D eigenvalue weighted by molar-refractivity contribution is 0.0701. The Morgan fingerprint density at radius 3 is 2.15 bits per heavy atom. The monoisotopic (exact) mass is 573 g/mol. The normalized spacial score (nSPS) is 13.6. The molecule has 0 atom stereocenters. The summed E-state index contributed by atoms with van der Waals surface area (Å²) >= 11 is 1.04. The molecule has 14 heteroatoms. The van der Waals surface area contributed by atoms with Gasteiger partial charge in [0.15, 0.2) is 28.3 Å². The fraction of sp³-hybridized carbons (Fsp3) is 0.462. The average molecular weight is 574 g/mol. The minimum Gasteiger partial charge on any atom is -0.493 e. The van der Waals surface area contributed by atoms with Gasteiger partial charge in [0, 0.05) is 39.8 Å². The second-order valence-electron chi connectivity index (χ2n) is 9.27. The predicted molar refractivity (Wildman–Crippen MR) is 154 cm³/mol. The lowest BCUT2D eigenvalue weighted by Crippen LogP contribution is -2.45. The summed E-state index contributed by atoms with van der Waals surface area (Å²) in [6, 6.07) is 3.77. The summed E-state index contributed by atoms with van der Waals surface area (Å²) in [6.45, 7) is 5.37. The number of hydrogen-bond donors (Lipinski definition) is 2. The van der Waals surface area contributed by atoms with E-state index in [1.807, 2.05) is 24.1 Å². The number of anilines is 4. The van der Waals surface area contributed by atoms with Gasteiger partial charge in [-0.1, -0.05) is 11.3 Å². The van der Waals surface area contributed by atoms with E-state index in [2.05, 4.69) is 27.1 Å². The number of ether oxygens (including phenoxy) is 4. The number of nitrogens with one attached hydrogen (secondary N) is 1. The summed E-state index contributed by atoms with van der Waals surface area (Å²) in [7, 11) is 10.3. The van der Waals surface area contributed by atoms with E-state index in [9.17, 15) is 9.90 Å². The summed E-state index contributed by atoms with van der Waals surface area (Å²) in [6.07, 6.45) is 0. The number of aryl methyl sites for hydroxylation is 1. The van der Waals surface area contributed by atoms with Crippen LogP contribution in [0.4, 0.5) is 22.7 Å². The molecule has 2 aromatic heterocycles. The molecule has 1 aliphatic heterocycles. The first-order chi connectivity index (χ1) is 19.2. The average Bonchev–Trinajstić information content (AvgIpc) is 3.32. The van der Waals surface area contributed by atoms with Crippen molar-refractivity contribution >= 4 is 40.0 Å². The van der Waals surface area contributed by atoms with Crippen molar-refractivity contribution in [2.24, 2.45) is 0 Å². The highest BCUT2D eigenvalue weighted by atomic mass is 32.1. The molecule has 1 fully saturated rings. The zero-order chi connectivity index (χ0) is 29.0. The molecule has 0 spiro atoms. The summed E-state index contributed by atoms with van der Waals surface area (Å²) in [5, 5.41) is 13.0. The molecule has 0 bridgehead atoms. The van der Waals surface area contributed by atoms with Crippen LogP contribution in [0.5, 0.6) is 23.0 Å². The Bertz CT molecular complexity index is 1330. The maximum Gasteiger partial charge on any atom is 0.347 e. The first-order valence-electron chi connectivity index (χ1n) is 12.6. The number of rotatable bonds is 11. The molecule has 40 heavy (non-hydrogen) atoms. The van der Waals surface area contributed by atoms with Gasteiger partial charge in [0.05, 0.1) is 34.1 Å². The number of aromatic carboxylic acids is 1. The Kier molecular flexibility index (Phi) is 9.00. The van der Waals surface area contributed by atoms with Gasteiger partial charge in [-0.25, -0.2) is 9.78 Å². The second kappa shape index (κ2) is 12.4. The molecule has 216 valence electrons. The maximum atomic E-state index is 11.6. The number of thiazole rings is 1. The van der Waals surface area contributed by atoms with Crippen molar-refractivity contribution in [3.63, 3.8) is 0 Å². The third kappa shape index (κ3) is 6.07. The molecule has 4 rings (SSSR count). The largest absolute Gasteiger partial charge is 0.493 e. The van der Waals surface area contributed by atoms with E-state index in [0.29, 0.717) is 52.0 Å². The van der Waals surface area contributed by atoms with Crippen LogP contribution >= 0.6 is 11.3 Å². The van der Waals surface area contributed by atoms with Gasteiger partial charge >= 0.3 is 5.97 Å². The fourth-order valence-corrected chi connectivity index (χ4v) is 5.28. The smallest absolute Gasteiger partial charge is 0.347 e. The maximum absolute atomic E-state index is 11.6. The standard InChI is InChI=1S/C26H35N7O6S/c1-15-21(24(34)35)40-26(27-15)30-25-28-22(20(39-7)23(29-25)33-10-8-31(2)9-11-33)32(3)14-16-12-17(36-4)19(38-6)18(13-16)37-5/h12-13H,8-11,14H2,1-7H3,(H,34,35)(H,27,28,29,30). The van der Waals surface area contributed by atoms with E-state index in [-0.39, 0.29) is 10.8 Å². The van der Waals surface area contributed by atoms with Crippen LogP contribution in [0.1, 0.15) is 20.9 Å². The molecule has 0 radical (unpaired) electrons. The number of likely N-dealkylation sites (N-methyl/N-ethyl adjacent to an activating group) is 1. The molecule has 13 nitrogen and oxygen atoms in total. The van der Waals surface area contributed by atoms with Gasteiger partial charge < -0.3 is 38.8 Å². The fourth-order valence-electron chi connectivity index (χ4n) is 4.48. The molecular formula is C26H35N7O6S. The lowest BCUT2D eigenvalue weighted by Gasteiger charge is -2.34. The Balaban J connectivity index is 1.75. The Morgan fingerprint density at radius 2 is 1.62 bits per heavy atom. The summed E-state index contributed by atoms with van der Waals surface area (Å²) in [5.41, 5.74) is 1.32. The van der Waals surface area contributed by atoms with E-state index in [1.165, 1.54) is 0 Å². The van der Waals surface area contributed by atoms with E-state index in [0.717, 1.165) is 43.1 Å². The number of carbonyl (C=O) groups is 1.